The first kappa shape index (κ1) is 38.0. The molecule has 3 aromatic carbocycles. The number of aromatic hydroxyl groups is 1. The van der Waals surface area contributed by atoms with Crippen molar-refractivity contribution in [2.24, 2.45) is 0 Å². The highest BCUT2D eigenvalue weighted by Gasteiger charge is 2.16. The van der Waals surface area contributed by atoms with Crippen molar-refractivity contribution in [1.82, 2.24) is 9.80 Å². The lowest BCUT2D eigenvalue weighted by Gasteiger charge is -2.15. The van der Waals surface area contributed by atoms with Crippen molar-refractivity contribution in [2.75, 3.05) is 48.5 Å². The van der Waals surface area contributed by atoms with Crippen molar-refractivity contribution < 1.29 is 54.2 Å². The Labute approximate surface area is 275 Å². The van der Waals surface area contributed by atoms with Crippen molar-refractivity contribution in [1.29, 1.82) is 0 Å². The van der Waals surface area contributed by atoms with Gasteiger partial charge in [-0.2, -0.15) is 0 Å². The second-order valence-electron chi connectivity index (χ2n) is 10.5. The number of hydrogen-bond acceptors (Lipinski definition) is 10. The molecule has 0 aliphatic heterocycles. The standard InChI is InChI=1S/C29H34N2O3S.2C2H2O4/c1-30(2)14-15-34-24-11-8-21(9-12-24)29-26(25-13-10-23(32)18-28(25)35-29)16-20-6-7-22(19-31(3)4)27(17-20)33-5;2*3-1(4)2(5)6/h6-13,17-18,32H,14-16,19H2,1-5H3;2*(H,3,4)(H,5,6). The van der Waals surface area contributed by atoms with Gasteiger partial charge in [-0.1, -0.05) is 12.1 Å². The van der Waals surface area contributed by atoms with Gasteiger partial charge in [0.15, 0.2) is 0 Å². The van der Waals surface area contributed by atoms with Gasteiger partial charge in [-0.3, -0.25) is 0 Å². The SMILES string of the molecule is COc1cc(Cc2c(-c3ccc(OCCN(C)C)cc3)sc3cc(O)ccc23)ccc1CN(C)C.O=C(O)C(=O)O.O=C(O)C(=O)O. The second kappa shape index (κ2) is 18.1. The number of rotatable bonds is 10. The van der Waals surface area contributed by atoms with Gasteiger partial charge in [0.25, 0.3) is 0 Å². The number of carbonyl (C=O) groups is 4. The van der Waals surface area contributed by atoms with Crippen LogP contribution in [0.3, 0.4) is 0 Å². The van der Waals surface area contributed by atoms with Gasteiger partial charge in [0.2, 0.25) is 0 Å². The summed E-state index contributed by atoms with van der Waals surface area (Å²) in [5.41, 5.74) is 4.78. The number of aliphatic carboxylic acids is 4. The number of hydrogen-bond donors (Lipinski definition) is 5. The average Bonchev–Trinajstić information content (AvgIpc) is 3.35. The summed E-state index contributed by atoms with van der Waals surface area (Å²) in [6.07, 6.45) is 0.778. The number of phenolic OH excluding ortho intramolecular Hbond substituents is 1. The summed E-state index contributed by atoms with van der Waals surface area (Å²) in [5, 5.41) is 40.8. The van der Waals surface area contributed by atoms with E-state index < -0.39 is 23.9 Å². The molecule has 0 spiro atoms. The van der Waals surface area contributed by atoms with Gasteiger partial charge in [-0.15, -0.1) is 11.3 Å². The highest BCUT2D eigenvalue weighted by Crippen LogP contribution is 2.41. The number of thiophene rings is 1. The third kappa shape index (κ3) is 12.3. The Bertz CT molecular complexity index is 1630. The Balaban J connectivity index is 0.000000546. The monoisotopic (exact) mass is 670 g/mol. The Morgan fingerprint density at radius 3 is 1.87 bits per heavy atom. The molecule has 1 heterocycles. The zero-order chi connectivity index (χ0) is 35.3. The summed E-state index contributed by atoms with van der Waals surface area (Å²) in [7, 11) is 9.93. The Morgan fingerprint density at radius 1 is 0.766 bits per heavy atom. The second-order valence-corrected chi connectivity index (χ2v) is 11.6. The van der Waals surface area contributed by atoms with Crippen LogP contribution in [-0.4, -0.2) is 108 Å². The Hall–Kier alpha value is -5.18. The number of carboxylic acids is 4. The third-order valence-corrected chi connectivity index (χ3v) is 7.53. The molecule has 4 aromatic rings. The van der Waals surface area contributed by atoms with Crippen LogP contribution in [0.15, 0.2) is 60.7 Å². The lowest BCUT2D eigenvalue weighted by atomic mass is 9.97. The summed E-state index contributed by atoms with van der Waals surface area (Å²) in [4.78, 5) is 41.9. The Kier molecular flexibility index (Phi) is 14.6. The smallest absolute Gasteiger partial charge is 0.414 e. The third-order valence-electron chi connectivity index (χ3n) is 6.29. The normalized spacial score (nSPS) is 10.4. The summed E-state index contributed by atoms with van der Waals surface area (Å²) in [6.45, 7) is 2.37. The first-order chi connectivity index (χ1) is 22.1. The van der Waals surface area contributed by atoms with E-state index in [0.29, 0.717) is 6.61 Å². The maximum absolute atomic E-state index is 10.1. The Morgan fingerprint density at radius 2 is 1.36 bits per heavy atom. The summed E-state index contributed by atoms with van der Waals surface area (Å²) >= 11 is 1.71. The van der Waals surface area contributed by atoms with E-state index in [1.165, 1.54) is 27.0 Å². The van der Waals surface area contributed by atoms with Crippen molar-refractivity contribution in [3.8, 4) is 27.7 Å². The minimum Gasteiger partial charge on any atom is -0.508 e. The summed E-state index contributed by atoms with van der Waals surface area (Å²) in [5.74, 6) is -5.22. The molecule has 0 aliphatic carbocycles. The molecule has 5 N–H and O–H groups in total. The molecule has 4 rings (SSSR count). The molecule has 0 aliphatic rings. The van der Waals surface area contributed by atoms with Crippen LogP contribution >= 0.6 is 11.3 Å². The maximum atomic E-state index is 10.1. The van der Waals surface area contributed by atoms with Crippen LogP contribution in [0.2, 0.25) is 0 Å². The van der Waals surface area contributed by atoms with E-state index in [1.54, 1.807) is 24.5 Å². The van der Waals surface area contributed by atoms with E-state index >= 15 is 0 Å². The molecule has 0 unspecified atom stereocenters. The number of methoxy groups -OCH3 is 1. The van der Waals surface area contributed by atoms with E-state index in [1.807, 2.05) is 38.4 Å². The highest BCUT2D eigenvalue weighted by molar-refractivity contribution is 7.22. The predicted octanol–water partition coefficient (Wildman–Crippen LogP) is 4.19. The number of nitrogens with zero attached hydrogens (tertiary/aromatic N) is 2. The molecule has 0 fully saturated rings. The molecular formula is C33H38N2O11S. The van der Waals surface area contributed by atoms with Gasteiger partial charge in [0.05, 0.1) is 7.11 Å². The topological polar surface area (TPSA) is 194 Å². The largest absolute Gasteiger partial charge is 0.508 e. The number of ether oxygens (including phenoxy) is 2. The van der Waals surface area contributed by atoms with Gasteiger partial charge < -0.3 is 44.8 Å². The van der Waals surface area contributed by atoms with Crippen molar-refractivity contribution in [3.05, 3.63) is 77.4 Å². The molecule has 14 heteroatoms. The fraction of sp³-hybridized carbons (Fsp3) is 0.273. The van der Waals surface area contributed by atoms with Gasteiger partial charge in [0, 0.05) is 28.2 Å². The highest BCUT2D eigenvalue weighted by atomic mass is 32.1. The first-order valence-electron chi connectivity index (χ1n) is 14.0. The van der Waals surface area contributed by atoms with Gasteiger partial charge >= 0.3 is 23.9 Å². The molecule has 0 saturated carbocycles. The van der Waals surface area contributed by atoms with Crippen LogP contribution in [0.25, 0.3) is 20.5 Å². The van der Waals surface area contributed by atoms with Crippen LogP contribution in [0.1, 0.15) is 16.7 Å². The summed E-state index contributed by atoms with van der Waals surface area (Å²) in [6, 6.07) is 20.5. The zero-order valence-electron chi connectivity index (χ0n) is 26.6. The molecule has 47 heavy (non-hydrogen) atoms. The molecule has 0 radical (unpaired) electrons. The molecular weight excluding hydrogens is 632 g/mol. The minimum atomic E-state index is -1.82. The fourth-order valence-electron chi connectivity index (χ4n) is 4.17. The molecule has 0 amide bonds. The number of fused-ring (bicyclic) bond motifs is 1. The predicted molar refractivity (Wildman–Crippen MR) is 177 cm³/mol. The molecule has 1 aromatic heterocycles. The van der Waals surface area contributed by atoms with Crippen LogP contribution in [0.4, 0.5) is 0 Å². The number of carboxylic acid groups (broad SMARTS) is 4. The average molecular weight is 671 g/mol. The number of benzene rings is 3. The van der Waals surface area contributed by atoms with E-state index in [9.17, 15) is 5.11 Å². The van der Waals surface area contributed by atoms with E-state index in [2.05, 4.69) is 54.2 Å². The number of phenols is 1. The van der Waals surface area contributed by atoms with Crippen molar-refractivity contribution >= 4 is 45.3 Å². The number of likely N-dealkylation sites (N-methyl/N-ethyl adjacent to an activating group) is 1. The quantitative estimate of drug-likeness (QED) is 0.151. The van der Waals surface area contributed by atoms with E-state index in [-0.39, 0.29) is 5.75 Å². The first-order valence-corrected chi connectivity index (χ1v) is 14.8. The van der Waals surface area contributed by atoms with Crippen LogP contribution in [0.5, 0.6) is 17.2 Å². The molecule has 13 nitrogen and oxygen atoms in total. The van der Waals surface area contributed by atoms with Gasteiger partial charge in [0.1, 0.15) is 23.9 Å². The van der Waals surface area contributed by atoms with Crippen LogP contribution in [0, 0.1) is 0 Å². The van der Waals surface area contributed by atoms with E-state index in [0.717, 1.165) is 41.3 Å². The maximum Gasteiger partial charge on any atom is 0.414 e. The molecule has 0 atom stereocenters. The molecule has 0 bridgehead atoms. The minimum absolute atomic E-state index is 0.288. The van der Waals surface area contributed by atoms with Crippen molar-refractivity contribution in [3.63, 3.8) is 0 Å². The van der Waals surface area contributed by atoms with Crippen molar-refractivity contribution in [2.45, 2.75) is 13.0 Å². The molecule has 252 valence electrons. The zero-order valence-corrected chi connectivity index (χ0v) is 27.4. The lowest BCUT2D eigenvalue weighted by molar-refractivity contribution is -0.159. The van der Waals surface area contributed by atoms with E-state index in [4.69, 9.17) is 49.1 Å². The summed E-state index contributed by atoms with van der Waals surface area (Å²) < 4.78 is 12.7. The van der Waals surface area contributed by atoms with Crippen LogP contribution in [-0.2, 0) is 32.1 Å². The lowest BCUT2D eigenvalue weighted by Crippen LogP contribution is -2.19. The van der Waals surface area contributed by atoms with Gasteiger partial charge in [-0.05, 0) is 105 Å². The molecule has 0 saturated heterocycles. The van der Waals surface area contributed by atoms with Crippen LogP contribution < -0.4 is 9.47 Å². The van der Waals surface area contributed by atoms with Gasteiger partial charge in [-0.25, -0.2) is 19.2 Å². The fourth-order valence-corrected chi connectivity index (χ4v) is 5.43.